The number of hydrazine groups is 1. The average Bonchev–Trinajstić information content (AvgIpc) is 1.81. The zero-order valence-electron chi connectivity index (χ0n) is 4.59. The van der Waals surface area contributed by atoms with Gasteiger partial charge in [-0.1, -0.05) is 12.2 Å². The van der Waals surface area contributed by atoms with Gasteiger partial charge in [-0.05, 0) is 0 Å². The summed E-state index contributed by atoms with van der Waals surface area (Å²) < 4.78 is 0. The van der Waals surface area contributed by atoms with Gasteiger partial charge >= 0.3 is 0 Å². The van der Waals surface area contributed by atoms with Crippen molar-refractivity contribution in [2.24, 2.45) is 5.84 Å². The smallest absolute Gasteiger partial charge is 0.0663 e. The number of nitriles is 1. The lowest BCUT2D eigenvalue weighted by Gasteiger charge is -1.83. The topological polar surface area (TPSA) is 61.8 Å². The molecule has 0 aromatic rings. The van der Waals surface area contributed by atoms with E-state index >= 15 is 0 Å². The number of nitrogens with zero attached hydrogens (tertiary/aromatic N) is 1. The summed E-state index contributed by atoms with van der Waals surface area (Å²) in [7, 11) is 0. The Kier molecular flexibility index (Phi) is 5.50. The van der Waals surface area contributed by atoms with Crippen LogP contribution in [0.25, 0.3) is 0 Å². The van der Waals surface area contributed by atoms with E-state index < -0.39 is 0 Å². The molecule has 44 valence electrons. The molecule has 8 heavy (non-hydrogen) atoms. The zero-order valence-corrected chi connectivity index (χ0v) is 4.59. The minimum absolute atomic E-state index is 0.460. The highest BCUT2D eigenvalue weighted by Gasteiger charge is 1.69. The lowest BCUT2D eigenvalue weighted by molar-refractivity contribution is 0.822. The molecule has 0 radical (unpaired) electrons. The van der Waals surface area contributed by atoms with Crippen molar-refractivity contribution in [1.82, 2.24) is 5.43 Å². The molecule has 0 aliphatic carbocycles. The predicted molar refractivity (Wildman–Crippen MR) is 31.6 cm³/mol. The van der Waals surface area contributed by atoms with Crippen LogP contribution in [0.2, 0.25) is 0 Å². The molecule has 0 rings (SSSR count). The molecule has 0 heterocycles. The van der Waals surface area contributed by atoms with Gasteiger partial charge in [-0.25, -0.2) is 0 Å². The summed E-state index contributed by atoms with van der Waals surface area (Å²) in [6.45, 7) is 0.627. The summed E-state index contributed by atoms with van der Waals surface area (Å²) in [5.74, 6) is 4.93. The first-order valence-corrected chi connectivity index (χ1v) is 2.37. The average molecular weight is 111 g/mol. The Morgan fingerprint density at radius 1 is 1.62 bits per heavy atom. The quantitative estimate of drug-likeness (QED) is 0.304. The second-order valence-electron chi connectivity index (χ2n) is 1.24. The first-order chi connectivity index (χ1) is 3.91. The molecule has 3 heteroatoms. The highest BCUT2D eigenvalue weighted by Crippen LogP contribution is 1.75. The molecule has 0 bridgehead atoms. The van der Waals surface area contributed by atoms with Crippen LogP contribution in [-0.2, 0) is 0 Å². The van der Waals surface area contributed by atoms with Crippen LogP contribution in [-0.4, -0.2) is 6.54 Å². The summed E-state index contributed by atoms with van der Waals surface area (Å²) in [6, 6.07) is 1.97. The van der Waals surface area contributed by atoms with Crippen LogP contribution in [0.5, 0.6) is 0 Å². The fraction of sp³-hybridized carbons (Fsp3) is 0.400. The third-order valence-corrected chi connectivity index (χ3v) is 0.612. The van der Waals surface area contributed by atoms with E-state index in [-0.39, 0.29) is 0 Å². The maximum absolute atomic E-state index is 8.01. The van der Waals surface area contributed by atoms with Crippen LogP contribution < -0.4 is 11.3 Å². The Balaban J connectivity index is 2.98. The Labute approximate surface area is 48.8 Å². The molecule has 0 amide bonds. The number of hydrogen-bond acceptors (Lipinski definition) is 3. The molecule has 0 aliphatic heterocycles. The fourth-order valence-corrected chi connectivity index (χ4v) is 0.287. The number of nitrogens with two attached hydrogens (primary N) is 1. The summed E-state index contributed by atoms with van der Waals surface area (Å²) in [5, 5.41) is 8.01. The summed E-state index contributed by atoms with van der Waals surface area (Å²) in [6.07, 6.45) is 4.03. The van der Waals surface area contributed by atoms with E-state index in [2.05, 4.69) is 5.43 Å². The van der Waals surface area contributed by atoms with Crippen molar-refractivity contribution in [1.29, 1.82) is 5.26 Å². The van der Waals surface area contributed by atoms with Crippen LogP contribution >= 0.6 is 0 Å². The third kappa shape index (κ3) is 5.15. The standard InChI is InChI=1S/C5H9N3/c6-4-2-1-3-5-8-7/h1,3,8H,2,5,7H2/b3-1+. The van der Waals surface area contributed by atoms with E-state index in [1.54, 1.807) is 6.08 Å². The lowest BCUT2D eigenvalue weighted by Crippen LogP contribution is -2.21. The molecule has 3 nitrogen and oxygen atoms in total. The normalized spacial score (nSPS) is 9.50. The summed E-state index contributed by atoms with van der Waals surface area (Å²) in [4.78, 5) is 0. The van der Waals surface area contributed by atoms with Crippen molar-refractivity contribution in [2.75, 3.05) is 6.54 Å². The van der Waals surface area contributed by atoms with Crippen LogP contribution in [0.1, 0.15) is 6.42 Å². The van der Waals surface area contributed by atoms with Gasteiger partial charge in [0, 0.05) is 6.54 Å². The fourth-order valence-electron chi connectivity index (χ4n) is 0.287. The highest BCUT2D eigenvalue weighted by molar-refractivity contribution is 4.90. The minimum Gasteiger partial charge on any atom is -0.271 e. The van der Waals surface area contributed by atoms with Crippen molar-refractivity contribution in [3.8, 4) is 6.07 Å². The zero-order chi connectivity index (χ0) is 6.24. The Bertz CT molecular complexity index is 101. The molecule has 3 N–H and O–H groups in total. The van der Waals surface area contributed by atoms with Gasteiger partial charge in [0.25, 0.3) is 0 Å². The predicted octanol–water partition coefficient (Wildman–Crippen LogP) is -0.0804. The summed E-state index contributed by atoms with van der Waals surface area (Å²) >= 11 is 0. The molecule has 0 spiro atoms. The van der Waals surface area contributed by atoms with E-state index in [0.29, 0.717) is 13.0 Å². The Morgan fingerprint density at radius 3 is 2.88 bits per heavy atom. The van der Waals surface area contributed by atoms with Crippen molar-refractivity contribution in [2.45, 2.75) is 6.42 Å². The number of hydrogen-bond donors (Lipinski definition) is 2. The van der Waals surface area contributed by atoms with Gasteiger partial charge in [0.2, 0.25) is 0 Å². The molecular weight excluding hydrogens is 102 g/mol. The first kappa shape index (κ1) is 7.15. The van der Waals surface area contributed by atoms with Crippen LogP contribution in [0, 0.1) is 11.3 Å². The molecule has 0 aliphatic rings. The molecule has 0 unspecified atom stereocenters. The Morgan fingerprint density at radius 2 is 2.38 bits per heavy atom. The monoisotopic (exact) mass is 111 g/mol. The van der Waals surface area contributed by atoms with E-state index in [1.165, 1.54) is 0 Å². The van der Waals surface area contributed by atoms with Gasteiger partial charge in [-0.3, -0.25) is 11.3 Å². The highest BCUT2D eigenvalue weighted by atomic mass is 15.2. The number of rotatable bonds is 3. The molecule has 0 aromatic carbocycles. The molecule has 0 aromatic heterocycles. The van der Waals surface area contributed by atoms with Gasteiger partial charge in [0.05, 0.1) is 12.5 Å². The second-order valence-corrected chi connectivity index (χ2v) is 1.24. The van der Waals surface area contributed by atoms with Crippen LogP contribution in [0.4, 0.5) is 0 Å². The first-order valence-electron chi connectivity index (χ1n) is 2.37. The lowest BCUT2D eigenvalue weighted by atomic mass is 10.4. The largest absolute Gasteiger partial charge is 0.271 e. The van der Waals surface area contributed by atoms with Crippen molar-refractivity contribution >= 4 is 0 Å². The van der Waals surface area contributed by atoms with E-state index in [0.717, 1.165) is 0 Å². The minimum atomic E-state index is 0.460. The van der Waals surface area contributed by atoms with Crippen LogP contribution in [0.15, 0.2) is 12.2 Å². The second kappa shape index (κ2) is 6.15. The van der Waals surface area contributed by atoms with Gasteiger partial charge < -0.3 is 0 Å². The maximum atomic E-state index is 8.01. The molecule has 0 fully saturated rings. The van der Waals surface area contributed by atoms with Gasteiger partial charge in [-0.15, -0.1) is 0 Å². The van der Waals surface area contributed by atoms with Crippen LogP contribution in [0.3, 0.4) is 0 Å². The SMILES string of the molecule is N#CC/C=C/CNN. The third-order valence-electron chi connectivity index (χ3n) is 0.612. The molecule has 0 atom stereocenters. The molecular formula is C5H9N3. The van der Waals surface area contributed by atoms with Crippen molar-refractivity contribution in [3.05, 3.63) is 12.2 Å². The number of allylic oxidation sites excluding steroid dienone is 1. The van der Waals surface area contributed by atoms with Crippen molar-refractivity contribution < 1.29 is 0 Å². The Hall–Kier alpha value is -0.850. The number of nitrogens with one attached hydrogen (secondary N) is 1. The van der Waals surface area contributed by atoms with Gasteiger partial charge in [0.15, 0.2) is 0 Å². The maximum Gasteiger partial charge on any atom is 0.0663 e. The van der Waals surface area contributed by atoms with E-state index in [4.69, 9.17) is 11.1 Å². The van der Waals surface area contributed by atoms with Gasteiger partial charge in [0.1, 0.15) is 0 Å². The van der Waals surface area contributed by atoms with E-state index in [9.17, 15) is 0 Å². The molecule has 0 saturated heterocycles. The summed E-state index contributed by atoms with van der Waals surface area (Å²) in [5.41, 5.74) is 2.43. The van der Waals surface area contributed by atoms with Gasteiger partial charge in [-0.2, -0.15) is 5.26 Å². The van der Waals surface area contributed by atoms with E-state index in [1.807, 2.05) is 12.1 Å². The molecule has 0 saturated carbocycles. The van der Waals surface area contributed by atoms with Crippen molar-refractivity contribution in [3.63, 3.8) is 0 Å².